The SMILES string of the molecule is O=C(Cc1ccc(F)cc1)N1[C@@H]2CC[C@H]1CC(O)(c1cccnc1F)C2. The minimum atomic E-state index is -1.29. The lowest BCUT2D eigenvalue weighted by Gasteiger charge is -2.44. The molecular formula is C20H20F2N2O2. The molecule has 2 aliphatic rings. The Morgan fingerprint density at radius 3 is 2.42 bits per heavy atom. The van der Waals surface area contributed by atoms with Crippen molar-refractivity contribution < 1.29 is 18.7 Å². The van der Waals surface area contributed by atoms with Gasteiger partial charge in [0.15, 0.2) is 0 Å². The second-order valence-corrected chi connectivity index (χ2v) is 7.27. The van der Waals surface area contributed by atoms with Crippen LogP contribution in [-0.4, -0.2) is 33.0 Å². The summed E-state index contributed by atoms with van der Waals surface area (Å²) in [6, 6.07) is 8.86. The highest BCUT2D eigenvalue weighted by atomic mass is 19.1. The van der Waals surface area contributed by atoms with Gasteiger partial charge in [-0.3, -0.25) is 4.79 Å². The van der Waals surface area contributed by atoms with Gasteiger partial charge in [-0.2, -0.15) is 4.39 Å². The van der Waals surface area contributed by atoms with Crippen molar-refractivity contribution in [1.82, 2.24) is 9.88 Å². The van der Waals surface area contributed by atoms with Gasteiger partial charge in [0.2, 0.25) is 11.9 Å². The molecule has 3 atom stereocenters. The number of carbonyl (C=O) groups is 1. The minimum Gasteiger partial charge on any atom is -0.385 e. The number of aromatic nitrogens is 1. The van der Waals surface area contributed by atoms with Crippen LogP contribution < -0.4 is 0 Å². The maximum atomic E-state index is 14.1. The van der Waals surface area contributed by atoms with Crippen molar-refractivity contribution in [2.24, 2.45) is 0 Å². The molecule has 0 aliphatic carbocycles. The normalized spacial score (nSPS) is 27.6. The van der Waals surface area contributed by atoms with Crippen LogP contribution in [0.4, 0.5) is 8.78 Å². The van der Waals surface area contributed by atoms with Crippen LogP contribution >= 0.6 is 0 Å². The van der Waals surface area contributed by atoms with Gasteiger partial charge in [-0.25, -0.2) is 9.37 Å². The molecule has 4 nitrogen and oxygen atoms in total. The Kier molecular flexibility index (Phi) is 4.23. The molecule has 2 saturated heterocycles. The largest absolute Gasteiger partial charge is 0.385 e. The van der Waals surface area contributed by atoms with Gasteiger partial charge >= 0.3 is 0 Å². The van der Waals surface area contributed by atoms with Crippen LogP contribution in [0.2, 0.25) is 0 Å². The Morgan fingerprint density at radius 1 is 1.15 bits per heavy atom. The first kappa shape index (κ1) is 17.1. The van der Waals surface area contributed by atoms with E-state index in [0.717, 1.165) is 18.4 Å². The summed E-state index contributed by atoms with van der Waals surface area (Å²) < 4.78 is 27.1. The van der Waals surface area contributed by atoms with Crippen molar-refractivity contribution in [3.05, 3.63) is 65.5 Å². The van der Waals surface area contributed by atoms with E-state index in [0.29, 0.717) is 12.8 Å². The molecule has 3 heterocycles. The number of nitrogens with zero attached hydrogens (tertiary/aromatic N) is 2. The zero-order chi connectivity index (χ0) is 18.3. The molecule has 1 N–H and O–H groups in total. The topological polar surface area (TPSA) is 53.4 Å². The van der Waals surface area contributed by atoms with E-state index in [2.05, 4.69) is 4.98 Å². The average Bonchev–Trinajstić information content (AvgIpc) is 2.90. The molecule has 0 radical (unpaired) electrons. The second kappa shape index (κ2) is 6.43. The molecule has 2 bridgehead atoms. The maximum absolute atomic E-state index is 14.1. The summed E-state index contributed by atoms with van der Waals surface area (Å²) in [5, 5.41) is 11.1. The zero-order valence-electron chi connectivity index (χ0n) is 14.2. The van der Waals surface area contributed by atoms with Crippen LogP contribution in [0.5, 0.6) is 0 Å². The van der Waals surface area contributed by atoms with Gasteiger partial charge in [-0.1, -0.05) is 18.2 Å². The standard InChI is InChI=1S/C20H20F2N2O2/c21-14-5-3-13(4-6-14)10-18(25)24-15-7-8-16(24)12-20(26,11-15)17-2-1-9-23-19(17)22/h1-6,9,15-16,26H,7-8,10-12H2/t15-,16+,20?. The lowest BCUT2D eigenvalue weighted by molar-refractivity contribution is -0.141. The van der Waals surface area contributed by atoms with Crippen molar-refractivity contribution >= 4 is 5.91 Å². The third-order valence-corrected chi connectivity index (χ3v) is 5.58. The van der Waals surface area contributed by atoms with Crippen LogP contribution in [0.25, 0.3) is 0 Å². The van der Waals surface area contributed by atoms with Gasteiger partial charge < -0.3 is 10.0 Å². The number of fused-ring (bicyclic) bond motifs is 2. The summed E-state index contributed by atoms with van der Waals surface area (Å²) in [7, 11) is 0. The van der Waals surface area contributed by atoms with E-state index in [-0.39, 0.29) is 35.8 Å². The van der Waals surface area contributed by atoms with E-state index >= 15 is 0 Å². The molecule has 26 heavy (non-hydrogen) atoms. The van der Waals surface area contributed by atoms with Crippen molar-refractivity contribution in [3.8, 4) is 0 Å². The quantitative estimate of drug-likeness (QED) is 0.859. The lowest BCUT2D eigenvalue weighted by Crippen LogP contribution is -2.52. The first-order chi connectivity index (χ1) is 12.5. The number of carbonyl (C=O) groups excluding carboxylic acids is 1. The number of pyridine rings is 1. The van der Waals surface area contributed by atoms with Crippen LogP contribution in [0.15, 0.2) is 42.6 Å². The Balaban J connectivity index is 1.52. The Labute approximate surface area is 150 Å². The smallest absolute Gasteiger partial charge is 0.227 e. The van der Waals surface area contributed by atoms with Crippen LogP contribution in [0.1, 0.15) is 36.8 Å². The Hall–Kier alpha value is -2.34. The summed E-state index contributed by atoms with van der Waals surface area (Å²) >= 11 is 0. The highest BCUT2D eigenvalue weighted by Crippen LogP contribution is 2.46. The first-order valence-corrected chi connectivity index (χ1v) is 8.85. The Bertz CT molecular complexity index is 811. The van der Waals surface area contributed by atoms with Gasteiger partial charge in [0, 0.05) is 36.7 Å². The predicted octanol–water partition coefficient (Wildman–Crippen LogP) is 2.94. The number of piperidine rings is 1. The molecule has 136 valence electrons. The number of halogens is 2. The first-order valence-electron chi connectivity index (χ1n) is 8.85. The molecule has 1 aromatic heterocycles. The molecule has 1 unspecified atom stereocenters. The monoisotopic (exact) mass is 358 g/mol. The van der Waals surface area contributed by atoms with E-state index in [4.69, 9.17) is 0 Å². The van der Waals surface area contributed by atoms with Crippen LogP contribution in [0, 0.1) is 11.8 Å². The summed E-state index contributed by atoms with van der Waals surface area (Å²) in [5.74, 6) is -1.01. The number of hydrogen-bond acceptors (Lipinski definition) is 3. The second-order valence-electron chi connectivity index (χ2n) is 7.27. The molecule has 1 amide bonds. The lowest BCUT2D eigenvalue weighted by atomic mass is 9.81. The summed E-state index contributed by atoms with van der Waals surface area (Å²) in [4.78, 5) is 18.3. The van der Waals surface area contributed by atoms with Crippen molar-refractivity contribution in [3.63, 3.8) is 0 Å². The molecule has 4 rings (SSSR count). The van der Waals surface area contributed by atoms with Crippen molar-refractivity contribution in [2.75, 3.05) is 0 Å². The third-order valence-electron chi connectivity index (χ3n) is 5.58. The van der Waals surface area contributed by atoms with Crippen molar-refractivity contribution in [2.45, 2.75) is 49.8 Å². The molecule has 2 fully saturated rings. The van der Waals surface area contributed by atoms with E-state index in [1.807, 2.05) is 4.90 Å². The fraction of sp³-hybridized carbons (Fsp3) is 0.400. The van der Waals surface area contributed by atoms with E-state index < -0.39 is 11.5 Å². The average molecular weight is 358 g/mol. The van der Waals surface area contributed by atoms with Gasteiger partial charge in [0.1, 0.15) is 5.82 Å². The fourth-order valence-corrected chi connectivity index (χ4v) is 4.45. The number of benzene rings is 1. The van der Waals surface area contributed by atoms with Crippen molar-refractivity contribution in [1.29, 1.82) is 0 Å². The van der Waals surface area contributed by atoms with Gasteiger partial charge in [0.25, 0.3) is 0 Å². The van der Waals surface area contributed by atoms with E-state index in [1.165, 1.54) is 18.3 Å². The summed E-state index contributed by atoms with van der Waals surface area (Å²) in [5.41, 5.74) is -0.325. The van der Waals surface area contributed by atoms with Gasteiger partial charge in [-0.05, 0) is 36.6 Å². The third kappa shape index (κ3) is 2.98. The maximum Gasteiger partial charge on any atom is 0.227 e. The molecule has 2 aliphatic heterocycles. The summed E-state index contributed by atoms with van der Waals surface area (Å²) in [6.45, 7) is 0. The van der Waals surface area contributed by atoms with Crippen LogP contribution in [-0.2, 0) is 16.8 Å². The molecule has 2 aromatic rings. The van der Waals surface area contributed by atoms with E-state index in [9.17, 15) is 18.7 Å². The molecular weight excluding hydrogens is 338 g/mol. The number of amides is 1. The fourth-order valence-electron chi connectivity index (χ4n) is 4.45. The van der Waals surface area contributed by atoms with E-state index in [1.54, 1.807) is 24.3 Å². The van der Waals surface area contributed by atoms with Crippen LogP contribution in [0.3, 0.4) is 0 Å². The highest BCUT2D eigenvalue weighted by molar-refractivity contribution is 5.80. The number of aliphatic hydroxyl groups is 1. The van der Waals surface area contributed by atoms with Gasteiger partial charge in [-0.15, -0.1) is 0 Å². The molecule has 0 saturated carbocycles. The molecule has 1 aromatic carbocycles. The molecule has 0 spiro atoms. The predicted molar refractivity (Wildman–Crippen MR) is 91.1 cm³/mol. The number of hydrogen-bond donors (Lipinski definition) is 1. The zero-order valence-corrected chi connectivity index (χ0v) is 14.2. The highest BCUT2D eigenvalue weighted by Gasteiger charge is 2.50. The molecule has 6 heteroatoms. The summed E-state index contributed by atoms with van der Waals surface area (Å²) in [6.07, 6.45) is 3.77. The Morgan fingerprint density at radius 2 is 1.81 bits per heavy atom. The minimum absolute atomic E-state index is 0.0298. The number of rotatable bonds is 3. The van der Waals surface area contributed by atoms with Gasteiger partial charge in [0.05, 0.1) is 12.0 Å².